The molecular weight excluding hydrogens is 220 g/mol. The van der Waals surface area contributed by atoms with Gasteiger partial charge in [0.15, 0.2) is 6.23 Å². The molecule has 2 rings (SSSR count). The molecule has 0 aliphatic carbocycles. The highest BCUT2D eigenvalue weighted by Gasteiger charge is 2.31. The van der Waals surface area contributed by atoms with Crippen molar-refractivity contribution in [3.05, 3.63) is 0 Å². The van der Waals surface area contributed by atoms with E-state index in [1.54, 1.807) is 0 Å². The molecule has 5 nitrogen and oxygen atoms in total. The van der Waals surface area contributed by atoms with Gasteiger partial charge in [0, 0.05) is 19.6 Å². The molecule has 98 valence electrons. The van der Waals surface area contributed by atoms with Crippen LogP contribution in [-0.2, 0) is 9.47 Å². The van der Waals surface area contributed by atoms with Crippen LogP contribution in [0, 0.1) is 0 Å². The summed E-state index contributed by atoms with van der Waals surface area (Å²) in [7, 11) is 1.36. The smallest absolute Gasteiger partial charge is 0.438 e. The van der Waals surface area contributed by atoms with Gasteiger partial charge in [0.05, 0.1) is 7.11 Å². The SMILES string of the molecule is COC(=O)OC1CCCCN1N1CCCCC1. The average molecular weight is 242 g/mol. The van der Waals surface area contributed by atoms with E-state index in [2.05, 4.69) is 14.8 Å². The zero-order valence-corrected chi connectivity index (χ0v) is 10.6. The van der Waals surface area contributed by atoms with E-state index in [1.807, 2.05) is 0 Å². The van der Waals surface area contributed by atoms with Gasteiger partial charge in [0.2, 0.25) is 0 Å². The zero-order chi connectivity index (χ0) is 12.1. The van der Waals surface area contributed by atoms with Crippen LogP contribution in [0.3, 0.4) is 0 Å². The highest BCUT2D eigenvalue weighted by molar-refractivity contribution is 5.59. The van der Waals surface area contributed by atoms with Crippen molar-refractivity contribution in [3.63, 3.8) is 0 Å². The second-order valence-corrected chi connectivity index (χ2v) is 4.70. The molecule has 2 saturated heterocycles. The largest absolute Gasteiger partial charge is 0.509 e. The maximum Gasteiger partial charge on any atom is 0.509 e. The minimum Gasteiger partial charge on any atom is -0.438 e. The number of piperidine rings is 2. The monoisotopic (exact) mass is 242 g/mol. The molecule has 2 aliphatic heterocycles. The molecule has 1 unspecified atom stereocenters. The van der Waals surface area contributed by atoms with Gasteiger partial charge in [0.25, 0.3) is 0 Å². The van der Waals surface area contributed by atoms with Gasteiger partial charge in [-0.15, -0.1) is 0 Å². The van der Waals surface area contributed by atoms with E-state index in [0.717, 1.165) is 32.5 Å². The van der Waals surface area contributed by atoms with E-state index in [0.29, 0.717) is 0 Å². The zero-order valence-electron chi connectivity index (χ0n) is 10.6. The molecule has 0 spiro atoms. The summed E-state index contributed by atoms with van der Waals surface area (Å²) in [6.07, 6.45) is 6.29. The molecular formula is C12H22N2O3. The third-order valence-electron chi connectivity index (χ3n) is 3.52. The molecule has 0 aromatic carbocycles. The highest BCUT2D eigenvalue weighted by atomic mass is 16.7. The summed E-state index contributed by atoms with van der Waals surface area (Å²) in [4.78, 5) is 11.2. The van der Waals surface area contributed by atoms with Crippen molar-refractivity contribution in [2.24, 2.45) is 0 Å². The van der Waals surface area contributed by atoms with Gasteiger partial charge in [0.1, 0.15) is 0 Å². The Morgan fingerprint density at radius 2 is 1.76 bits per heavy atom. The topological polar surface area (TPSA) is 42.0 Å². The van der Waals surface area contributed by atoms with Crippen LogP contribution in [0.4, 0.5) is 4.79 Å². The van der Waals surface area contributed by atoms with E-state index in [1.165, 1.54) is 32.8 Å². The Balaban J connectivity index is 1.93. The molecule has 0 N–H and O–H groups in total. The van der Waals surface area contributed by atoms with Crippen LogP contribution >= 0.6 is 0 Å². The predicted octanol–water partition coefficient (Wildman–Crippen LogP) is 1.98. The van der Waals surface area contributed by atoms with Gasteiger partial charge in [-0.25, -0.2) is 14.8 Å². The van der Waals surface area contributed by atoms with Crippen molar-refractivity contribution in [2.75, 3.05) is 26.7 Å². The van der Waals surface area contributed by atoms with Crippen LogP contribution in [0.1, 0.15) is 38.5 Å². The first kappa shape index (κ1) is 12.6. The Kier molecular flexibility index (Phi) is 4.62. The third kappa shape index (κ3) is 3.33. The Bertz CT molecular complexity index is 254. The maximum atomic E-state index is 11.2. The Hall–Kier alpha value is -0.810. The molecule has 2 heterocycles. The van der Waals surface area contributed by atoms with Gasteiger partial charge in [-0.05, 0) is 32.1 Å². The highest BCUT2D eigenvalue weighted by Crippen LogP contribution is 2.23. The third-order valence-corrected chi connectivity index (χ3v) is 3.52. The lowest BCUT2D eigenvalue weighted by molar-refractivity contribution is -0.170. The molecule has 5 heteroatoms. The summed E-state index contributed by atoms with van der Waals surface area (Å²) in [6.45, 7) is 3.16. The number of methoxy groups -OCH3 is 1. The minimum atomic E-state index is -0.570. The van der Waals surface area contributed by atoms with Gasteiger partial charge < -0.3 is 9.47 Å². The molecule has 0 saturated carbocycles. The number of nitrogens with zero attached hydrogens (tertiary/aromatic N) is 2. The van der Waals surface area contributed by atoms with Crippen molar-refractivity contribution >= 4 is 6.16 Å². The first-order valence-electron chi connectivity index (χ1n) is 6.57. The van der Waals surface area contributed by atoms with Crippen LogP contribution in [0.2, 0.25) is 0 Å². The molecule has 0 bridgehead atoms. The Morgan fingerprint density at radius 1 is 1.06 bits per heavy atom. The van der Waals surface area contributed by atoms with Crippen molar-refractivity contribution in [1.82, 2.24) is 10.0 Å². The Labute approximate surface area is 103 Å². The van der Waals surface area contributed by atoms with Crippen molar-refractivity contribution in [1.29, 1.82) is 0 Å². The average Bonchev–Trinajstić information content (AvgIpc) is 2.40. The summed E-state index contributed by atoms with van der Waals surface area (Å²) in [6, 6.07) is 0. The number of carbonyl (C=O) groups excluding carboxylic acids is 1. The number of rotatable bonds is 2. The molecule has 0 radical (unpaired) electrons. The fraction of sp³-hybridized carbons (Fsp3) is 0.917. The lowest BCUT2D eigenvalue weighted by Gasteiger charge is -2.43. The molecule has 1 atom stereocenters. The quantitative estimate of drug-likeness (QED) is 0.693. The van der Waals surface area contributed by atoms with E-state index in [4.69, 9.17) is 4.74 Å². The van der Waals surface area contributed by atoms with E-state index >= 15 is 0 Å². The summed E-state index contributed by atoms with van der Waals surface area (Å²) in [5, 5.41) is 4.57. The second kappa shape index (κ2) is 6.21. The van der Waals surface area contributed by atoms with Crippen LogP contribution in [-0.4, -0.2) is 49.1 Å². The lowest BCUT2D eigenvalue weighted by atomic mass is 10.1. The number of hydrazine groups is 1. The van der Waals surface area contributed by atoms with E-state index in [-0.39, 0.29) is 6.23 Å². The van der Waals surface area contributed by atoms with E-state index < -0.39 is 6.16 Å². The van der Waals surface area contributed by atoms with Gasteiger partial charge in [-0.3, -0.25) is 0 Å². The van der Waals surface area contributed by atoms with Gasteiger partial charge in [-0.2, -0.15) is 0 Å². The molecule has 0 aromatic rings. The predicted molar refractivity (Wildman–Crippen MR) is 63.3 cm³/mol. The second-order valence-electron chi connectivity index (χ2n) is 4.70. The van der Waals surface area contributed by atoms with Crippen LogP contribution in [0.15, 0.2) is 0 Å². The maximum absolute atomic E-state index is 11.2. The first-order valence-corrected chi connectivity index (χ1v) is 6.57. The van der Waals surface area contributed by atoms with E-state index in [9.17, 15) is 4.79 Å². The van der Waals surface area contributed by atoms with Crippen LogP contribution in [0.25, 0.3) is 0 Å². The summed E-state index contributed by atoms with van der Waals surface area (Å²) >= 11 is 0. The summed E-state index contributed by atoms with van der Waals surface area (Å²) in [5.41, 5.74) is 0. The standard InChI is InChI=1S/C12H22N2O3/c1-16-12(15)17-11-7-3-6-10-14(11)13-8-4-2-5-9-13/h11H,2-10H2,1H3. The van der Waals surface area contributed by atoms with Gasteiger partial charge in [-0.1, -0.05) is 6.42 Å². The first-order chi connectivity index (χ1) is 8.31. The number of ether oxygens (including phenoxy) is 2. The minimum absolute atomic E-state index is 0.130. The van der Waals surface area contributed by atoms with Crippen molar-refractivity contribution in [3.8, 4) is 0 Å². The molecule has 2 fully saturated rings. The van der Waals surface area contributed by atoms with Gasteiger partial charge >= 0.3 is 6.16 Å². The van der Waals surface area contributed by atoms with Crippen LogP contribution < -0.4 is 0 Å². The van der Waals surface area contributed by atoms with Crippen molar-refractivity contribution < 1.29 is 14.3 Å². The fourth-order valence-corrected chi connectivity index (χ4v) is 2.62. The Morgan fingerprint density at radius 3 is 2.47 bits per heavy atom. The number of carbonyl (C=O) groups is 1. The normalized spacial score (nSPS) is 27.7. The molecule has 0 aromatic heterocycles. The van der Waals surface area contributed by atoms with Crippen LogP contribution in [0.5, 0.6) is 0 Å². The molecule has 2 aliphatic rings. The lowest BCUT2D eigenvalue weighted by Crippen LogP contribution is -2.54. The summed E-state index contributed by atoms with van der Waals surface area (Å²) in [5.74, 6) is 0. The number of hydrogen-bond donors (Lipinski definition) is 0. The number of hydrogen-bond acceptors (Lipinski definition) is 5. The molecule has 0 amide bonds. The summed E-state index contributed by atoms with van der Waals surface area (Å²) < 4.78 is 9.91. The molecule has 17 heavy (non-hydrogen) atoms. The fourth-order valence-electron chi connectivity index (χ4n) is 2.62. The van der Waals surface area contributed by atoms with Crippen molar-refractivity contribution in [2.45, 2.75) is 44.8 Å².